The molecule has 1 fully saturated rings. The maximum atomic E-state index is 12.2. The molecule has 1 aliphatic rings. The van der Waals surface area contributed by atoms with Crippen LogP contribution in [0, 0.1) is 5.92 Å². The fourth-order valence-corrected chi connectivity index (χ4v) is 2.70. The molecule has 112 valence electrons. The molecule has 0 spiro atoms. The number of ether oxygens (including phenoxy) is 1. The monoisotopic (exact) mass is 305 g/mol. The van der Waals surface area contributed by atoms with Gasteiger partial charge >= 0.3 is 5.51 Å². The number of alkyl halides is 3. The molecule has 1 heterocycles. The van der Waals surface area contributed by atoms with Gasteiger partial charge in [-0.3, -0.25) is 0 Å². The first kappa shape index (κ1) is 15.7. The second kappa shape index (κ2) is 7.33. The van der Waals surface area contributed by atoms with Gasteiger partial charge in [0.2, 0.25) is 0 Å². The Kier molecular flexibility index (Phi) is 5.74. The van der Waals surface area contributed by atoms with Gasteiger partial charge in [0.15, 0.2) is 0 Å². The van der Waals surface area contributed by atoms with Gasteiger partial charge in [-0.25, -0.2) is 0 Å². The van der Waals surface area contributed by atoms with Crippen LogP contribution in [-0.2, 0) is 11.3 Å². The van der Waals surface area contributed by atoms with Crippen molar-refractivity contribution in [1.29, 1.82) is 0 Å². The van der Waals surface area contributed by atoms with Crippen LogP contribution >= 0.6 is 11.8 Å². The molecule has 0 aromatic heterocycles. The summed E-state index contributed by atoms with van der Waals surface area (Å²) in [4.78, 5) is 0.226. The summed E-state index contributed by atoms with van der Waals surface area (Å²) in [5.74, 6) is 0.646. The van der Waals surface area contributed by atoms with E-state index in [0.29, 0.717) is 12.5 Å². The van der Waals surface area contributed by atoms with Crippen molar-refractivity contribution in [3.8, 4) is 0 Å². The highest BCUT2D eigenvalue weighted by Crippen LogP contribution is 2.36. The van der Waals surface area contributed by atoms with Crippen LogP contribution in [0.5, 0.6) is 0 Å². The molecular formula is C14H18F3NOS. The van der Waals surface area contributed by atoms with Crippen molar-refractivity contribution in [3.05, 3.63) is 29.8 Å². The van der Waals surface area contributed by atoms with E-state index in [1.54, 1.807) is 12.1 Å². The molecule has 20 heavy (non-hydrogen) atoms. The van der Waals surface area contributed by atoms with E-state index >= 15 is 0 Å². The van der Waals surface area contributed by atoms with Gasteiger partial charge in [0.25, 0.3) is 0 Å². The van der Waals surface area contributed by atoms with E-state index in [-0.39, 0.29) is 16.7 Å². The number of rotatable bonds is 6. The van der Waals surface area contributed by atoms with Crippen molar-refractivity contribution in [2.45, 2.75) is 29.8 Å². The number of thioether (sulfide) groups is 1. The van der Waals surface area contributed by atoms with Crippen LogP contribution in [0.25, 0.3) is 0 Å². The number of benzene rings is 1. The molecule has 0 amide bonds. The summed E-state index contributed by atoms with van der Waals surface area (Å²) >= 11 is -0.0797. The van der Waals surface area contributed by atoms with E-state index in [0.717, 1.165) is 38.2 Å². The molecule has 0 aliphatic carbocycles. The quantitative estimate of drug-likeness (QED) is 0.638. The first-order chi connectivity index (χ1) is 9.53. The van der Waals surface area contributed by atoms with Crippen LogP contribution in [0.15, 0.2) is 29.2 Å². The first-order valence-electron chi connectivity index (χ1n) is 6.66. The third-order valence-corrected chi connectivity index (χ3v) is 3.98. The minimum atomic E-state index is -4.22. The van der Waals surface area contributed by atoms with Crippen molar-refractivity contribution in [3.63, 3.8) is 0 Å². The highest BCUT2D eigenvalue weighted by Gasteiger charge is 2.28. The Morgan fingerprint density at radius 3 is 2.60 bits per heavy atom. The summed E-state index contributed by atoms with van der Waals surface area (Å²) in [5.41, 5.74) is -3.22. The topological polar surface area (TPSA) is 21.3 Å². The number of hydrogen-bond acceptors (Lipinski definition) is 3. The van der Waals surface area contributed by atoms with E-state index in [2.05, 4.69) is 5.32 Å². The Morgan fingerprint density at radius 1 is 1.25 bits per heavy atom. The van der Waals surface area contributed by atoms with Crippen LogP contribution in [-0.4, -0.2) is 25.3 Å². The summed E-state index contributed by atoms with van der Waals surface area (Å²) < 4.78 is 41.8. The SMILES string of the molecule is FC(F)(F)Sc1ccc(CNCCC2CCOC2)cc1. The second-order valence-corrected chi connectivity index (χ2v) is 6.03. The van der Waals surface area contributed by atoms with E-state index in [1.165, 1.54) is 12.1 Å². The van der Waals surface area contributed by atoms with Crippen molar-refractivity contribution in [2.24, 2.45) is 5.92 Å². The first-order valence-corrected chi connectivity index (χ1v) is 7.48. The third-order valence-electron chi connectivity index (χ3n) is 3.24. The molecule has 1 aromatic rings. The van der Waals surface area contributed by atoms with Gasteiger partial charge in [0.1, 0.15) is 0 Å². The fourth-order valence-electron chi connectivity index (χ4n) is 2.16. The number of halogens is 3. The molecule has 1 aliphatic heterocycles. The molecule has 0 radical (unpaired) electrons. The van der Waals surface area contributed by atoms with Gasteiger partial charge in [-0.2, -0.15) is 13.2 Å². The summed E-state index contributed by atoms with van der Waals surface area (Å²) in [6.07, 6.45) is 2.22. The smallest absolute Gasteiger partial charge is 0.381 e. The standard InChI is InChI=1S/C14H18F3NOS/c15-14(16,17)20-13-3-1-11(2-4-13)9-18-7-5-12-6-8-19-10-12/h1-4,12,18H,5-10H2. The molecule has 0 bridgehead atoms. The molecule has 2 rings (SSSR count). The van der Waals surface area contributed by atoms with E-state index in [1.807, 2.05) is 0 Å². The van der Waals surface area contributed by atoms with Crippen LogP contribution in [0.1, 0.15) is 18.4 Å². The zero-order valence-electron chi connectivity index (χ0n) is 11.1. The Balaban J connectivity index is 1.68. The van der Waals surface area contributed by atoms with Gasteiger partial charge < -0.3 is 10.1 Å². The van der Waals surface area contributed by atoms with Gasteiger partial charge in [-0.05, 0) is 54.8 Å². The molecule has 1 unspecified atom stereocenters. The maximum absolute atomic E-state index is 12.2. The summed E-state index contributed by atoms with van der Waals surface area (Å²) in [5, 5.41) is 3.31. The zero-order chi connectivity index (χ0) is 14.4. The largest absolute Gasteiger partial charge is 0.446 e. The molecule has 1 atom stereocenters. The van der Waals surface area contributed by atoms with E-state index in [4.69, 9.17) is 4.74 Å². The predicted molar refractivity (Wildman–Crippen MR) is 73.6 cm³/mol. The Bertz CT molecular complexity index is 402. The van der Waals surface area contributed by atoms with Crippen LogP contribution in [0.4, 0.5) is 13.2 Å². The molecule has 1 aromatic carbocycles. The summed E-state index contributed by atoms with van der Waals surface area (Å²) in [6.45, 7) is 3.31. The lowest BCUT2D eigenvalue weighted by Crippen LogP contribution is -2.17. The Morgan fingerprint density at radius 2 is 2.00 bits per heavy atom. The second-order valence-electron chi connectivity index (χ2n) is 4.89. The number of nitrogens with one attached hydrogen (secondary N) is 1. The fraction of sp³-hybridized carbons (Fsp3) is 0.571. The maximum Gasteiger partial charge on any atom is 0.446 e. The number of hydrogen-bond donors (Lipinski definition) is 1. The lowest BCUT2D eigenvalue weighted by molar-refractivity contribution is -0.0328. The molecular weight excluding hydrogens is 287 g/mol. The molecule has 2 nitrogen and oxygen atoms in total. The lowest BCUT2D eigenvalue weighted by atomic mass is 10.1. The van der Waals surface area contributed by atoms with Crippen LogP contribution in [0.3, 0.4) is 0 Å². The predicted octanol–water partition coefficient (Wildman–Crippen LogP) is 3.81. The van der Waals surface area contributed by atoms with Crippen LogP contribution in [0.2, 0.25) is 0 Å². The van der Waals surface area contributed by atoms with Gasteiger partial charge in [0, 0.05) is 24.7 Å². The minimum Gasteiger partial charge on any atom is -0.381 e. The Hall–Kier alpha value is -0.720. The van der Waals surface area contributed by atoms with Crippen molar-refractivity contribution < 1.29 is 17.9 Å². The van der Waals surface area contributed by atoms with Gasteiger partial charge in [-0.15, -0.1) is 0 Å². The highest BCUT2D eigenvalue weighted by atomic mass is 32.2. The zero-order valence-corrected chi connectivity index (χ0v) is 11.9. The lowest BCUT2D eigenvalue weighted by Gasteiger charge is -2.09. The minimum absolute atomic E-state index is 0.0797. The van der Waals surface area contributed by atoms with E-state index in [9.17, 15) is 13.2 Å². The van der Waals surface area contributed by atoms with Crippen molar-refractivity contribution in [1.82, 2.24) is 5.32 Å². The molecule has 6 heteroatoms. The summed E-state index contributed by atoms with van der Waals surface area (Å²) in [6, 6.07) is 6.50. The van der Waals surface area contributed by atoms with Gasteiger partial charge in [-0.1, -0.05) is 12.1 Å². The average molecular weight is 305 g/mol. The van der Waals surface area contributed by atoms with Crippen LogP contribution < -0.4 is 5.32 Å². The van der Waals surface area contributed by atoms with Gasteiger partial charge in [0.05, 0.1) is 0 Å². The van der Waals surface area contributed by atoms with Crippen molar-refractivity contribution >= 4 is 11.8 Å². The average Bonchev–Trinajstić information content (AvgIpc) is 2.88. The highest BCUT2D eigenvalue weighted by molar-refractivity contribution is 8.00. The molecule has 0 saturated carbocycles. The van der Waals surface area contributed by atoms with E-state index < -0.39 is 5.51 Å². The molecule has 1 N–H and O–H groups in total. The third kappa shape index (κ3) is 5.73. The summed E-state index contributed by atoms with van der Waals surface area (Å²) in [7, 11) is 0. The van der Waals surface area contributed by atoms with Crippen molar-refractivity contribution in [2.75, 3.05) is 19.8 Å². The Labute approximate surface area is 121 Å². The molecule has 1 saturated heterocycles. The normalized spacial score (nSPS) is 19.4.